The summed E-state index contributed by atoms with van der Waals surface area (Å²) in [7, 11) is 0. The highest BCUT2D eigenvalue weighted by atomic mass is 32.2. The van der Waals surface area contributed by atoms with Crippen LogP contribution in [0, 0.1) is 23.7 Å². The Morgan fingerprint density at radius 3 is 1.48 bits per heavy atom. The predicted molar refractivity (Wildman–Crippen MR) is 246 cm³/mol. The maximum Gasteiger partial charge on any atom is 0.0464 e. The molecule has 58 heavy (non-hydrogen) atoms. The number of nitrogens with zero attached hydrogens (tertiary/aromatic N) is 1. The molecule has 0 N–H and O–H groups in total. The van der Waals surface area contributed by atoms with Gasteiger partial charge in [-0.15, -0.1) is 0 Å². The molecule has 2 heteroatoms. The van der Waals surface area contributed by atoms with E-state index in [1.54, 1.807) is 11.1 Å². The minimum absolute atomic E-state index is 0.134. The monoisotopic (exact) mass is 781 g/mol. The highest BCUT2D eigenvalue weighted by Crippen LogP contribution is 2.69. The van der Waals surface area contributed by atoms with Crippen molar-refractivity contribution in [3.8, 4) is 11.1 Å². The first kappa shape index (κ1) is 37.3. The van der Waals surface area contributed by atoms with Gasteiger partial charge in [-0.05, 0) is 190 Å². The molecule has 7 aliphatic rings. The standard InChI is InChI=1S/C56H63NS/c1-52(2)24-26-54(5,6)48-33-41(20-22-44(48)52)57(42-21-23-45-49(34-42)55(7,8)27-25-53(45,3)4)40-18-16-37(17-19-40)43-12-11-14-47-51(43)58-50-15-10-9-13-46(50)56(47)38-29-35-28-36(31-38)32-39(56)30-35/h9-23,33-36,38-39H,24-32H2,1-8H3. The van der Waals surface area contributed by atoms with Gasteiger partial charge in [-0.25, -0.2) is 0 Å². The van der Waals surface area contributed by atoms with Crippen LogP contribution in [0.15, 0.2) is 113 Å². The lowest BCUT2D eigenvalue weighted by Crippen LogP contribution is -2.57. The number of hydrogen-bond donors (Lipinski definition) is 0. The normalized spacial score (nSPS) is 28.6. The molecule has 0 aromatic heterocycles. The van der Waals surface area contributed by atoms with E-state index in [1.807, 2.05) is 11.8 Å². The summed E-state index contributed by atoms with van der Waals surface area (Å²) in [5, 5.41) is 0. The average molecular weight is 782 g/mol. The van der Waals surface area contributed by atoms with Crippen LogP contribution in [0.4, 0.5) is 17.1 Å². The summed E-state index contributed by atoms with van der Waals surface area (Å²) in [6.45, 7) is 19.6. The molecule has 0 unspecified atom stereocenters. The summed E-state index contributed by atoms with van der Waals surface area (Å²) < 4.78 is 0. The SMILES string of the molecule is CC1(C)CCC(C)(C)c2cc(N(c3ccc(-c4cccc5c4Sc4ccccc4C54C5CC6CC(C5)CC4C6)cc3)c3ccc4c(c3)C(C)(C)CCC4(C)C)ccc21. The van der Waals surface area contributed by atoms with E-state index in [2.05, 4.69) is 163 Å². The second kappa shape index (κ2) is 12.6. The van der Waals surface area contributed by atoms with Crippen LogP contribution in [0.1, 0.15) is 147 Å². The van der Waals surface area contributed by atoms with Crippen molar-refractivity contribution >= 4 is 28.8 Å². The average Bonchev–Trinajstić information content (AvgIpc) is 3.20. The van der Waals surface area contributed by atoms with Crippen LogP contribution in [0.2, 0.25) is 0 Å². The van der Waals surface area contributed by atoms with E-state index < -0.39 is 0 Å². The van der Waals surface area contributed by atoms with E-state index in [0.717, 1.165) is 23.7 Å². The second-order valence-corrected chi connectivity index (χ2v) is 23.4. The predicted octanol–water partition coefficient (Wildman–Crippen LogP) is 15.7. The van der Waals surface area contributed by atoms with Gasteiger partial charge in [-0.3, -0.25) is 0 Å². The van der Waals surface area contributed by atoms with Crippen LogP contribution in [0.3, 0.4) is 0 Å². The Labute approximate surface area is 353 Å². The fraction of sp³-hybridized carbons (Fsp3) is 0.464. The number of anilines is 3. The Kier molecular flexibility index (Phi) is 8.12. The lowest BCUT2D eigenvalue weighted by atomic mass is 9.42. The van der Waals surface area contributed by atoms with Crippen LogP contribution in [0.5, 0.6) is 0 Å². The molecule has 1 spiro atoms. The molecule has 0 amide bonds. The van der Waals surface area contributed by atoms with E-state index in [-0.39, 0.29) is 27.1 Å². The Bertz CT molecular complexity index is 2350. The van der Waals surface area contributed by atoms with Crippen molar-refractivity contribution in [2.75, 3.05) is 4.90 Å². The van der Waals surface area contributed by atoms with Gasteiger partial charge in [0.1, 0.15) is 0 Å². The van der Waals surface area contributed by atoms with Gasteiger partial charge in [0.05, 0.1) is 0 Å². The van der Waals surface area contributed by atoms with Crippen molar-refractivity contribution in [1.82, 2.24) is 0 Å². The fourth-order valence-electron chi connectivity index (χ4n) is 13.8. The molecule has 1 nitrogen and oxygen atoms in total. The second-order valence-electron chi connectivity index (χ2n) is 22.3. The first-order valence-corrected chi connectivity index (χ1v) is 23.6. The van der Waals surface area contributed by atoms with E-state index in [9.17, 15) is 0 Å². The minimum Gasteiger partial charge on any atom is -0.310 e. The summed E-state index contributed by atoms with van der Waals surface area (Å²) >= 11 is 2.04. The quantitative estimate of drug-likeness (QED) is 0.179. The van der Waals surface area contributed by atoms with Crippen molar-refractivity contribution < 1.29 is 0 Å². The van der Waals surface area contributed by atoms with Gasteiger partial charge in [0.15, 0.2) is 0 Å². The zero-order valence-corrected chi connectivity index (χ0v) is 37.2. The van der Waals surface area contributed by atoms with Crippen molar-refractivity contribution in [2.24, 2.45) is 23.7 Å². The van der Waals surface area contributed by atoms with Crippen LogP contribution < -0.4 is 4.90 Å². The van der Waals surface area contributed by atoms with E-state index in [1.165, 1.54) is 118 Å². The summed E-state index contributed by atoms with van der Waals surface area (Å²) in [6, 6.07) is 41.4. The fourth-order valence-corrected chi connectivity index (χ4v) is 15.2. The molecule has 5 aromatic rings. The third-order valence-electron chi connectivity index (χ3n) is 17.1. The molecule has 4 fully saturated rings. The maximum atomic E-state index is 2.56. The molecule has 0 atom stereocenters. The van der Waals surface area contributed by atoms with Gasteiger partial charge in [-0.2, -0.15) is 0 Å². The summed E-state index contributed by atoms with van der Waals surface area (Å²) in [4.78, 5) is 5.57. The van der Waals surface area contributed by atoms with Gasteiger partial charge in [-0.1, -0.05) is 128 Å². The highest BCUT2D eigenvalue weighted by molar-refractivity contribution is 7.99. The van der Waals surface area contributed by atoms with Crippen molar-refractivity contribution in [2.45, 2.75) is 150 Å². The van der Waals surface area contributed by atoms with Gasteiger partial charge in [0, 0.05) is 32.3 Å². The van der Waals surface area contributed by atoms with Gasteiger partial charge >= 0.3 is 0 Å². The Morgan fingerprint density at radius 1 is 0.448 bits per heavy atom. The van der Waals surface area contributed by atoms with Gasteiger partial charge < -0.3 is 4.90 Å². The molecule has 1 aliphatic heterocycles. The first-order chi connectivity index (χ1) is 27.7. The molecule has 0 saturated heterocycles. The molecule has 4 bridgehead atoms. The van der Waals surface area contributed by atoms with Crippen LogP contribution >= 0.6 is 11.8 Å². The zero-order valence-electron chi connectivity index (χ0n) is 36.3. The third-order valence-corrected chi connectivity index (χ3v) is 18.3. The number of fused-ring (bicyclic) bond motifs is 4. The first-order valence-electron chi connectivity index (χ1n) is 22.8. The summed E-state index contributed by atoms with van der Waals surface area (Å²) in [5.74, 6) is 3.40. The van der Waals surface area contributed by atoms with Crippen LogP contribution in [-0.2, 0) is 27.1 Å². The Morgan fingerprint density at radius 2 is 0.931 bits per heavy atom. The molecule has 0 radical (unpaired) electrons. The van der Waals surface area contributed by atoms with Gasteiger partial charge in [0.25, 0.3) is 0 Å². The molecule has 5 aromatic carbocycles. The van der Waals surface area contributed by atoms with Crippen LogP contribution in [0.25, 0.3) is 11.1 Å². The molecule has 6 aliphatic carbocycles. The maximum absolute atomic E-state index is 2.56. The molecular weight excluding hydrogens is 719 g/mol. The lowest BCUT2D eigenvalue weighted by molar-refractivity contribution is -0.0443. The molecule has 298 valence electrons. The zero-order chi connectivity index (χ0) is 40.0. The van der Waals surface area contributed by atoms with Crippen molar-refractivity contribution in [3.63, 3.8) is 0 Å². The molecular formula is C56H63NS. The van der Waals surface area contributed by atoms with Gasteiger partial charge in [0.2, 0.25) is 0 Å². The number of benzene rings is 5. The van der Waals surface area contributed by atoms with E-state index in [0.29, 0.717) is 0 Å². The minimum atomic E-state index is 0.134. The number of rotatable bonds is 4. The van der Waals surface area contributed by atoms with Crippen molar-refractivity contribution in [3.05, 3.63) is 137 Å². The summed E-state index contributed by atoms with van der Waals surface area (Å²) in [6.07, 6.45) is 12.0. The van der Waals surface area contributed by atoms with Crippen molar-refractivity contribution in [1.29, 1.82) is 0 Å². The molecule has 1 heterocycles. The highest BCUT2D eigenvalue weighted by Gasteiger charge is 2.60. The Balaban J connectivity index is 1.05. The molecule has 4 saturated carbocycles. The Hall–Kier alpha value is -3.75. The smallest absolute Gasteiger partial charge is 0.0464 e. The lowest BCUT2D eigenvalue weighted by Gasteiger charge is -2.63. The topological polar surface area (TPSA) is 3.24 Å². The van der Waals surface area contributed by atoms with E-state index in [4.69, 9.17) is 0 Å². The largest absolute Gasteiger partial charge is 0.310 e. The molecule has 12 rings (SSSR count). The summed E-state index contributed by atoms with van der Waals surface area (Å²) in [5.41, 5.74) is 16.6. The number of hydrogen-bond acceptors (Lipinski definition) is 2. The van der Waals surface area contributed by atoms with Crippen LogP contribution in [-0.4, -0.2) is 0 Å². The third kappa shape index (κ3) is 5.41. The van der Waals surface area contributed by atoms with E-state index >= 15 is 0 Å².